The van der Waals surface area contributed by atoms with Crippen LogP contribution in [0.3, 0.4) is 0 Å². The van der Waals surface area contributed by atoms with Crippen molar-refractivity contribution < 1.29 is 9.90 Å². The topological polar surface area (TPSA) is 67.2 Å². The van der Waals surface area contributed by atoms with Crippen LogP contribution in [0, 0.1) is 5.92 Å². The van der Waals surface area contributed by atoms with Crippen molar-refractivity contribution >= 4 is 5.91 Å². The summed E-state index contributed by atoms with van der Waals surface area (Å²) < 4.78 is 1.72. The van der Waals surface area contributed by atoms with Crippen LogP contribution in [0.4, 0.5) is 0 Å². The van der Waals surface area contributed by atoms with Crippen molar-refractivity contribution in [2.75, 3.05) is 6.54 Å². The van der Waals surface area contributed by atoms with Crippen molar-refractivity contribution in [3.63, 3.8) is 0 Å². The molecule has 0 radical (unpaired) electrons. The molecule has 0 saturated heterocycles. The zero-order valence-electron chi connectivity index (χ0n) is 11.4. The van der Waals surface area contributed by atoms with Crippen molar-refractivity contribution in [3.8, 4) is 0 Å². The lowest BCUT2D eigenvalue weighted by atomic mass is 10.1. The van der Waals surface area contributed by atoms with E-state index in [0.29, 0.717) is 31.7 Å². The van der Waals surface area contributed by atoms with Gasteiger partial charge in [-0.15, -0.1) is 0 Å². The van der Waals surface area contributed by atoms with E-state index in [1.807, 2.05) is 27.1 Å². The molecule has 1 aromatic heterocycles. The van der Waals surface area contributed by atoms with Crippen LogP contribution in [0.2, 0.25) is 0 Å². The number of aliphatic hydroxyl groups excluding tert-OH is 1. The molecular weight excluding hydrogens is 230 g/mol. The van der Waals surface area contributed by atoms with E-state index in [-0.39, 0.29) is 5.91 Å². The molecule has 102 valence electrons. The molecule has 0 aromatic carbocycles. The molecule has 1 aromatic rings. The lowest BCUT2D eigenvalue weighted by Crippen LogP contribution is -2.32. The lowest BCUT2D eigenvalue weighted by molar-refractivity contribution is -0.121. The zero-order chi connectivity index (χ0) is 13.5. The van der Waals surface area contributed by atoms with Crippen LogP contribution in [0.1, 0.15) is 32.3 Å². The molecule has 0 aliphatic heterocycles. The second-order valence-corrected chi connectivity index (χ2v) is 5.11. The minimum Gasteiger partial charge on any atom is -0.391 e. The molecule has 1 amide bonds. The molecule has 0 saturated carbocycles. The second kappa shape index (κ2) is 7.16. The fraction of sp³-hybridized carbons (Fsp3) is 0.692. The Morgan fingerprint density at radius 2 is 2.28 bits per heavy atom. The maximum atomic E-state index is 11.6. The Bertz CT molecular complexity index is 374. The first kappa shape index (κ1) is 14.7. The molecule has 1 rings (SSSR count). The predicted molar refractivity (Wildman–Crippen MR) is 70.0 cm³/mol. The van der Waals surface area contributed by atoms with Crippen molar-refractivity contribution in [2.24, 2.45) is 13.0 Å². The number of carbonyl (C=O) groups excluding carboxylic acids is 1. The highest BCUT2D eigenvalue weighted by atomic mass is 16.3. The van der Waals surface area contributed by atoms with E-state index in [1.165, 1.54) is 0 Å². The molecule has 0 aliphatic carbocycles. The number of aromatic nitrogens is 2. The number of carbonyl (C=O) groups is 1. The monoisotopic (exact) mass is 253 g/mol. The van der Waals surface area contributed by atoms with Gasteiger partial charge in [0, 0.05) is 26.2 Å². The fourth-order valence-corrected chi connectivity index (χ4v) is 1.81. The van der Waals surface area contributed by atoms with Gasteiger partial charge in [0.05, 0.1) is 12.3 Å². The quantitative estimate of drug-likeness (QED) is 0.758. The summed E-state index contributed by atoms with van der Waals surface area (Å²) >= 11 is 0. The van der Waals surface area contributed by atoms with Crippen molar-refractivity contribution in [1.29, 1.82) is 0 Å². The minimum absolute atomic E-state index is 0.0262. The number of rotatable bonds is 7. The predicted octanol–water partition coefficient (Wildman–Crippen LogP) is 0.876. The van der Waals surface area contributed by atoms with Crippen LogP contribution < -0.4 is 5.32 Å². The number of hydrogen-bond acceptors (Lipinski definition) is 3. The van der Waals surface area contributed by atoms with Crippen LogP contribution in [-0.4, -0.2) is 33.4 Å². The molecule has 0 spiro atoms. The molecule has 0 bridgehead atoms. The van der Waals surface area contributed by atoms with Gasteiger partial charge in [-0.05, 0) is 24.3 Å². The number of amides is 1. The highest BCUT2D eigenvalue weighted by Gasteiger charge is 2.09. The first-order valence-corrected chi connectivity index (χ1v) is 6.39. The third kappa shape index (κ3) is 5.82. The Kier molecular flexibility index (Phi) is 5.85. The summed E-state index contributed by atoms with van der Waals surface area (Å²) in [5.41, 5.74) is 1.05. The number of aliphatic hydroxyl groups is 1. The van der Waals surface area contributed by atoms with E-state index in [2.05, 4.69) is 10.4 Å². The Labute approximate surface area is 108 Å². The van der Waals surface area contributed by atoms with Crippen LogP contribution >= 0.6 is 0 Å². The van der Waals surface area contributed by atoms with Crippen molar-refractivity contribution in [3.05, 3.63) is 18.0 Å². The summed E-state index contributed by atoms with van der Waals surface area (Å²) in [7, 11) is 1.85. The van der Waals surface area contributed by atoms with E-state index >= 15 is 0 Å². The summed E-state index contributed by atoms with van der Waals surface area (Å²) in [6.07, 6.45) is 5.04. The molecule has 0 aliphatic rings. The van der Waals surface area contributed by atoms with Gasteiger partial charge >= 0.3 is 0 Å². The number of hydrogen-bond donors (Lipinski definition) is 2. The van der Waals surface area contributed by atoms with Crippen LogP contribution in [0.5, 0.6) is 0 Å². The first-order chi connectivity index (χ1) is 8.47. The van der Waals surface area contributed by atoms with Crippen molar-refractivity contribution in [2.45, 2.75) is 39.2 Å². The smallest absolute Gasteiger partial charge is 0.220 e. The average Bonchev–Trinajstić information content (AvgIpc) is 2.69. The Morgan fingerprint density at radius 1 is 1.56 bits per heavy atom. The SMILES string of the molecule is CC(C)CC(O)CNC(=O)CCc1cnn(C)c1. The summed E-state index contributed by atoms with van der Waals surface area (Å²) in [5.74, 6) is 0.411. The third-order valence-electron chi connectivity index (χ3n) is 2.68. The van der Waals surface area contributed by atoms with Gasteiger partial charge in [-0.25, -0.2) is 0 Å². The molecule has 1 atom stereocenters. The van der Waals surface area contributed by atoms with Gasteiger partial charge in [0.1, 0.15) is 0 Å². The Balaban J connectivity index is 2.18. The van der Waals surface area contributed by atoms with Crippen LogP contribution in [0.25, 0.3) is 0 Å². The standard InChI is InChI=1S/C13H23N3O2/c1-10(2)6-12(17)8-14-13(18)5-4-11-7-15-16(3)9-11/h7,9-10,12,17H,4-6,8H2,1-3H3,(H,14,18). The van der Waals surface area contributed by atoms with Crippen LogP contribution in [-0.2, 0) is 18.3 Å². The van der Waals surface area contributed by atoms with Gasteiger partial charge in [-0.3, -0.25) is 9.48 Å². The average molecular weight is 253 g/mol. The second-order valence-electron chi connectivity index (χ2n) is 5.11. The Morgan fingerprint density at radius 3 is 2.83 bits per heavy atom. The summed E-state index contributed by atoms with van der Waals surface area (Å²) in [5, 5.41) is 16.4. The summed E-state index contributed by atoms with van der Waals surface area (Å²) in [6, 6.07) is 0. The molecule has 5 nitrogen and oxygen atoms in total. The minimum atomic E-state index is -0.452. The number of aryl methyl sites for hydroxylation is 2. The number of nitrogens with one attached hydrogen (secondary N) is 1. The summed E-state index contributed by atoms with van der Waals surface area (Å²) in [6.45, 7) is 4.44. The van der Waals surface area contributed by atoms with E-state index in [0.717, 1.165) is 5.56 Å². The fourth-order valence-electron chi connectivity index (χ4n) is 1.81. The molecule has 0 fully saturated rings. The highest BCUT2D eigenvalue weighted by Crippen LogP contribution is 2.04. The van der Waals surface area contributed by atoms with Gasteiger partial charge in [-0.1, -0.05) is 13.8 Å². The van der Waals surface area contributed by atoms with Gasteiger partial charge in [-0.2, -0.15) is 5.10 Å². The van der Waals surface area contributed by atoms with Gasteiger partial charge in [0.25, 0.3) is 0 Å². The Hall–Kier alpha value is -1.36. The molecule has 1 heterocycles. The van der Waals surface area contributed by atoms with Gasteiger partial charge < -0.3 is 10.4 Å². The van der Waals surface area contributed by atoms with Crippen LogP contribution in [0.15, 0.2) is 12.4 Å². The normalized spacial score (nSPS) is 12.7. The van der Waals surface area contributed by atoms with Gasteiger partial charge in [0.15, 0.2) is 0 Å². The molecular formula is C13H23N3O2. The zero-order valence-corrected chi connectivity index (χ0v) is 11.4. The van der Waals surface area contributed by atoms with Gasteiger partial charge in [0.2, 0.25) is 5.91 Å². The molecule has 1 unspecified atom stereocenters. The van der Waals surface area contributed by atoms with E-state index in [4.69, 9.17) is 0 Å². The third-order valence-corrected chi connectivity index (χ3v) is 2.68. The highest BCUT2D eigenvalue weighted by molar-refractivity contribution is 5.76. The summed E-state index contributed by atoms with van der Waals surface area (Å²) in [4.78, 5) is 11.6. The largest absolute Gasteiger partial charge is 0.391 e. The number of nitrogens with zero attached hydrogens (tertiary/aromatic N) is 2. The lowest BCUT2D eigenvalue weighted by Gasteiger charge is -2.13. The maximum absolute atomic E-state index is 11.6. The first-order valence-electron chi connectivity index (χ1n) is 6.39. The molecule has 18 heavy (non-hydrogen) atoms. The van der Waals surface area contributed by atoms with E-state index in [1.54, 1.807) is 10.9 Å². The maximum Gasteiger partial charge on any atom is 0.220 e. The van der Waals surface area contributed by atoms with E-state index < -0.39 is 6.10 Å². The van der Waals surface area contributed by atoms with Crippen molar-refractivity contribution in [1.82, 2.24) is 15.1 Å². The van der Waals surface area contributed by atoms with E-state index in [9.17, 15) is 9.90 Å². The molecule has 2 N–H and O–H groups in total. The molecule has 5 heteroatoms.